The van der Waals surface area contributed by atoms with Crippen LogP contribution in [-0.2, 0) is 30.0 Å². The molecule has 0 aromatic carbocycles. The van der Waals surface area contributed by atoms with Crippen molar-refractivity contribution in [1.82, 2.24) is 9.97 Å². The number of nitrogens with zero attached hydrogens (tertiary/aromatic N) is 4. The molecule has 2 rings (SSSR count). The van der Waals surface area contributed by atoms with E-state index in [0.29, 0.717) is 0 Å². The Morgan fingerprint density at radius 3 is 1.35 bits per heavy atom. The number of rotatable bonds is 6. The number of aliphatic carboxylic acids is 2. The first-order chi connectivity index (χ1) is 13.2. The van der Waals surface area contributed by atoms with E-state index in [4.69, 9.17) is 11.5 Å². The predicted octanol–water partition coefficient (Wildman–Crippen LogP) is -5.94. The molecule has 0 saturated heterocycles. The Balaban J connectivity index is -0.000000461. The van der Waals surface area contributed by atoms with Gasteiger partial charge < -0.3 is 51.5 Å². The van der Waals surface area contributed by atoms with Crippen molar-refractivity contribution in [3.63, 3.8) is 0 Å². The van der Waals surface area contributed by atoms with Crippen molar-refractivity contribution in [3.05, 3.63) is 70.1 Å². The first-order valence-electron chi connectivity index (χ1n) is 7.37. The summed E-state index contributed by atoms with van der Waals surface area (Å²) in [7, 11) is 0. The van der Waals surface area contributed by atoms with Crippen molar-refractivity contribution in [1.29, 1.82) is 0 Å². The maximum atomic E-state index is 11.2. The molecule has 0 aliphatic carbocycles. The molecule has 0 aliphatic heterocycles. The molecule has 0 atom stereocenters. The Kier molecular flexibility index (Phi) is 19.8. The van der Waals surface area contributed by atoms with E-state index in [9.17, 15) is 29.4 Å². The molecule has 0 aliphatic rings. The van der Waals surface area contributed by atoms with E-state index in [-0.39, 0.29) is 102 Å². The van der Waals surface area contributed by atoms with Crippen molar-refractivity contribution in [2.24, 2.45) is 0 Å². The Morgan fingerprint density at radius 2 is 1.10 bits per heavy atom. The SMILES string of the molecule is [NH-]c1ccncc1C(=O)[N-]CC(=O)[O-].[NH-]c1ccncc1C(=O)[N-]CC(=O)[O-].[Na+].[Na+].[Pd]. The Morgan fingerprint density at radius 1 is 0.774 bits per heavy atom. The second-order valence-electron chi connectivity index (χ2n) is 4.83. The number of nitrogens with one attached hydrogen (secondary N) is 2. The molecule has 0 spiro atoms. The fraction of sp³-hybridized carbons (Fsp3) is 0.125. The van der Waals surface area contributed by atoms with E-state index >= 15 is 0 Å². The minimum Gasteiger partial charge on any atom is -0.698 e. The standard InChI is InChI=1S/2C8H9N3O3.2Na.Pd/c2*9-6-1-2-10-3-5(6)8(14)11-4-7(12)13;;;/h2*1-3H,4H2,(H4,9,10,11,12,13,14);;;/q;;2*+1;/p-6. The van der Waals surface area contributed by atoms with Gasteiger partial charge in [-0.05, 0) is 0 Å². The molecule has 2 aromatic rings. The molecular weight excluding hydrogens is 525 g/mol. The zero-order chi connectivity index (χ0) is 21.1. The molecule has 0 bridgehead atoms. The van der Waals surface area contributed by atoms with Gasteiger partial charge in [0.15, 0.2) is 0 Å². The van der Waals surface area contributed by atoms with Crippen LogP contribution in [0, 0.1) is 0 Å². The van der Waals surface area contributed by atoms with Gasteiger partial charge in [-0.1, -0.05) is 25.2 Å². The third kappa shape index (κ3) is 13.5. The van der Waals surface area contributed by atoms with Gasteiger partial charge in [-0.3, -0.25) is 9.97 Å². The van der Waals surface area contributed by atoms with Crippen molar-refractivity contribution in [2.45, 2.75) is 0 Å². The van der Waals surface area contributed by atoms with Crippen LogP contribution in [0.4, 0.5) is 11.4 Å². The molecule has 0 unspecified atom stereocenters. The Labute approximate surface area is 235 Å². The minimum atomic E-state index is -1.44. The van der Waals surface area contributed by atoms with E-state index in [0.717, 1.165) is 0 Å². The summed E-state index contributed by atoms with van der Waals surface area (Å²) in [6.07, 6.45) is 5.06. The van der Waals surface area contributed by atoms with Gasteiger partial charge in [-0.25, -0.2) is 0 Å². The molecule has 158 valence electrons. The second kappa shape index (κ2) is 18.1. The number of aromatic nitrogens is 2. The van der Waals surface area contributed by atoms with E-state index in [1.54, 1.807) is 0 Å². The van der Waals surface area contributed by atoms with Gasteiger partial charge in [0.25, 0.3) is 0 Å². The normalized spacial score (nSPS) is 8.52. The van der Waals surface area contributed by atoms with Gasteiger partial charge >= 0.3 is 59.1 Å². The van der Waals surface area contributed by atoms with Crippen LogP contribution in [0.15, 0.2) is 36.9 Å². The maximum Gasteiger partial charge on any atom is 1.00 e. The molecular formula is C16H12N6Na2O6Pd-4. The number of carbonyl (C=O) groups is 4. The molecule has 2 N–H and O–H groups in total. The first kappa shape index (κ1) is 34.1. The largest absolute Gasteiger partial charge is 1.00 e. The van der Waals surface area contributed by atoms with Crippen LogP contribution in [0.1, 0.15) is 20.7 Å². The number of pyridine rings is 2. The van der Waals surface area contributed by atoms with E-state index in [2.05, 4.69) is 20.6 Å². The van der Waals surface area contributed by atoms with Gasteiger partial charge in [-0.15, -0.1) is 11.4 Å². The number of hydrogen-bond acceptors (Lipinski definition) is 8. The topological polar surface area (TPSA) is 216 Å². The summed E-state index contributed by atoms with van der Waals surface area (Å²) >= 11 is 0. The molecule has 2 aromatic heterocycles. The number of hydrogen-bond donors (Lipinski definition) is 0. The van der Waals surface area contributed by atoms with Crippen LogP contribution >= 0.6 is 0 Å². The summed E-state index contributed by atoms with van der Waals surface area (Å²) in [5.74, 6) is -4.41. The smallest absolute Gasteiger partial charge is 0.698 e. The van der Waals surface area contributed by atoms with Gasteiger partial charge in [0.05, 0.1) is 11.8 Å². The Bertz CT molecular complexity index is 818. The number of carboxylic acid groups (broad SMARTS) is 2. The first-order valence-corrected chi connectivity index (χ1v) is 7.37. The monoisotopic (exact) mass is 536 g/mol. The minimum absolute atomic E-state index is 0. The number of amides is 2. The summed E-state index contributed by atoms with van der Waals surface area (Å²) < 4.78 is 0. The van der Waals surface area contributed by atoms with Crippen molar-refractivity contribution in [2.75, 3.05) is 13.1 Å². The molecule has 0 radical (unpaired) electrons. The third-order valence-corrected chi connectivity index (χ3v) is 2.81. The molecule has 12 nitrogen and oxygen atoms in total. The van der Waals surface area contributed by atoms with E-state index in [1.807, 2.05) is 0 Å². The molecule has 0 saturated carbocycles. The van der Waals surface area contributed by atoms with Gasteiger partial charge in [-0.2, -0.15) is 0 Å². The summed E-state index contributed by atoms with van der Waals surface area (Å²) in [5, 5.41) is 26.4. The molecule has 2 amide bonds. The van der Waals surface area contributed by atoms with Crippen LogP contribution in [0.2, 0.25) is 0 Å². The summed E-state index contributed by atoms with van der Waals surface area (Å²) in [4.78, 5) is 49.6. The van der Waals surface area contributed by atoms with Gasteiger partial charge in [0.1, 0.15) is 0 Å². The van der Waals surface area contributed by atoms with Crippen molar-refractivity contribution < 1.29 is 109 Å². The van der Waals surface area contributed by atoms with Gasteiger partial charge in [0.2, 0.25) is 0 Å². The second-order valence-corrected chi connectivity index (χ2v) is 4.83. The number of carboxylic acids is 2. The number of carbonyl (C=O) groups excluding carboxylic acids is 4. The van der Waals surface area contributed by atoms with E-state index in [1.165, 1.54) is 36.9 Å². The summed E-state index contributed by atoms with van der Waals surface area (Å²) in [5.41, 5.74) is 14.5. The molecule has 31 heavy (non-hydrogen) atoms. The fourth-order valence-corrected chi connectivity index (χ4v) is 1.57. The average molecular weight is 537 g/mol. The molecule has 15 heteroatoms. The zero-order valence-corrected chi connectivity index (χ0v) is 22.0. The van der Waals surface area contributed by atoms with Crippen LogP contribution in [0.3, 0.4) is 0 Å². The average Bonchev–Trinajstić information content (AvgIpc) is 2.65. The molecule has 2 heterocycles. The van der Waals surface area contributed by atoms with Crippen molar-refractivity contribution >= 4 is 35.1 Å². The fourth-order valence-electron chi connectivity index (χ4n) is 1.57. The predicted molar refractivity (Wildman–Crippen MR) is 91.6 cm³/mol. The van der Waals surface area contributed by atoms with Crippen molar-refractivity contribution in [3.8, 4) is 0 Å². The van der Waals surface area contributed by atoms with Crippen LogP contribution in [-0.4, -0.2) is 46.8 Å². The summed E-state index contributed by atoms with van der Waals surface area (Å²) in [6, 6.07) is 2.64. The van der Waals surface area contributed by atoms with E-state index < -0.39 is 36.8 Å². The quantitative estimate of drug-likeness (QED) is 0.323. The molecule has 0 fully saturated rings. The third-order valence-electron chi connectivity index (χ3n) is 2.81. The van der Waals surface area contributed by atoms with Crippen LogP contribution in [0.5, 0.6) is 0 Å². The zero-order valence-electron chi connectivity index (χ0n) is 16.4. The van der Waals surface area contributed by atoms with Crippen LogP contribution in [0.25, 0.3) is 22.1 Å². The van der Waals surface area contributed by atoms with Crippen LogP contribution < -0.4 is 69.3 Å². The maximum absolute atomic E-state index is 11.2. The van der Waals surface area contributed by atoms with Gasteiger partial charge in [0, 0.05) is 68.3 Å². The Hall–Kier alpha value is -1.56. The summed E-state index contributed by atoms with van der Waals surface area (Å²) in [6.45, 7) is -1.40.